The topological polar surface area (TPSA) is 12.0 Å². The second-order valence-corrected chi connectivity index (χ2v) is 5.29. The second kappa shape index (κ2) is 5.95. The third-order valence-electron chi connectivity index (χ3n) is 2.43. The van der Waals surface area contributed by atoms with E-state index in [2.05, 4.69) is 42.6 Å². The lowest BCUT2D eigenvalue weighted by Gasteiger charge is -2.23. The number of terminal acetylenes is 1. The van der Waals surface area contributed by atoms with Crippen molar-refractivity contribution in [1.29, 1.82) is 0 Å². The molecule has 0 aliphatic rings. The molecule has 1 aromatic heterocycles. The second-order valence-electron chi connectivity index (χ2n) is 4.35. The first kappa shape index (κ1) is 12.3. The van der Waals surface area contributed by atoms with Crippen LogP contribution in [0, 0.1) is 12.3 Å². The molecular weight excluding hydrogens is 202 g/mol. The molecule has 0 aromatic carbocycles. The Morgan fingerprint density at radius 2 is 2.33 bits per heavy atom. The molecule has 1 heterocycles. The highest BCUT2D eigenvalue weighted by Gasteiger charge is 2.20. The summed E-state index contributed by atoms with van der Waals surface area (Å²) < 4.78 is 0. The highest BCUT2D eigenvalue weighted by Crippen LogP contribution is 2.26. The van der Waals surface area contributed by atoms with Crippen LogP contribution in [-0.4, -0.2) is 13.1 Å². The summed E-state index contributed by atoms with van der Waals surface area (Å²) in [5, 5.41) is 5.59. The highest BCUT2D eigenvalue weighted by molar-refractivity contribution is 7.10. The average Bonchev–Trinajstić information content (AvgIpc) is 2.70. The zero-order valence-corrected chi connectivity index (χ0v) is 10.4. The molecule has 1 nitrogen and oxygen atoms in total. The van der Waals surface area contributed by atoms with Gasteiger partial charge in [-0.05, 0) is 24.4 Å². The van der Waals surface area contributed by atoms with E-state index in [0.29, 0.717) is 0 Å². The number of thiophene rings is 1. The van der Waals surface area contributed by atoms with E-state index in [0.717, 1.165) is 25.9 Å². The molecule has 0 atom stereocenters. The van der Waals surface area contributed by atoms with E-state index >= 15 is 0 Å². The molecule has 0 saturated carbocycles. The molecule has 0 unspecified atom stereocenters. The molecule has 0 saturated heterocycles. The van der Waals surface area contributed by atoms with Crippen molar-refractivity contribution in [2.45, 2.75) is 32.1 Å². The predicted octanol–water partition coefficient (Wildman–Crippen LogP) is 3.03. The van der Waals surface area contributed by atoms with Crippen LogP contribution in [0.2, 0.25) is 0 Å². The number of rotatable bonds is 6. The Hall–Kier alpha value is -0.780. The van der Waals surface area contributed by atoms with Gasteiger partial charge in [0.2, 0.25) is 0 Å². The quantitative estimate of drug-likeness (QED) is 0.575. The maximum Gasteiger partial charge on any atom is 0.0115 e. The zero-order valence-electron chi connectivity index (χ0n) is 9.55. The Balaban J connectivity index is 2.29. The van der Waals surface area contributed by atoms with Crippen molar-refractivity contribution in [1.82, 2.24) is 5.32 Å². The smallest absolute Gasteiger partial charge is 0.0115 e. The van der Waals surface area contributed by atoms with Crippen molar-refractivity contribution in [2.75, 3.05) is 13.1 Å². The summed E-state index contributed by atoms with van der Waals surface area (Å²) in [5.74, 6) is 2.65. The summed E-state index contributed by atoms with van der Waals surface area (Å²) in [6.45, 7) is 6.57. The minimum Gasteiger partial charge on any atom is -0.316 e. The van der Waals surface area contributed by atoms with Gasteiger partial charge in [0, 0.05) is 23.3 Å². The fourth-order valence-electron chi connectivity index (χ4n) is 1.47. The molecule has 0 aliphatic carbocycles. The van der Waals surface area contributed by atoms with E-state index in [1.807, 2.05) is 11.3 Å². The fraction of sp³-hybridized carbons (Fsp3) is 0.538. The maximum atomic E-state index is 5.20. The van der Waals surface area contributed by atoms with E-state index in [1.54, 1.807) is 0 Å². The Bertz CT molecular complexity index is 306. The van der Waals surface area contributed by atoms with Gasteiger partial charge in [-0.1, -0.05) is 19.9 Å². The third kappa shape index (κ3) is 4.07. The van der Waals surface area contributed by atoms with Crippen LogP contribution in [0.4, 0.5) is 0 Å². The van der Waals surface area contributed by atoms with Gasteiger partial charge in [0.05, 0.1) is 0 Å². The Labute approximate surface area is 96.9 Å². The van der Waals surface area contributed by atoms with Crippen molar-refractivity contribution >= 4 is 11.3 Å². The van der Waals surface area contributed by atoms with Crippen LogP contribution in [0.1, 0.15) is 31.6 Å². The molecule has 0 radical (unpaired) electrons. The van der Waals surface area contributed by atoms with Crippen molar-refractivity contribution in [2.24, 2.45) is 0 Å². The molecular formula is C13H19NS. The maximum absolute atomic E-state index is 5.20. The van der Waals surface area contributed by atoms with Crippen LogP contribution < -0.4 is 5.32 Å². The first-order valence-corrected chi connectivity index (χ1v) is 6.23. The van der Waals surface area contributed by atoms with Crippen molar-refractivity contribution in [3.8, 4) is 12.3 Å². The van der Waals surface area contributed by atoms with Gasteiger partial charge in [0.15, 0.2) is 0 Å². The Kier molecular flexibility index (Phi) is 4.87. The Morgan fingerprint density at radius 1 is 1.53 bits per heavy atom. The first-order valence-electron chi connectivity index (χ1n) is 5.35. The van der Waals surface area contributed by atoms with Gasteiger partial charge in [-0.3, -0.25) is 0 Å². The standard InChI is InChI=1S/C13H19NS/c1-4-5-6-9-14-11-13(2,3)12-8-7-10-15-12/h1,7-8,10,14H,5-6,9,11H2,2-3H3. The van der Waals surface area contributed by atoms with Gasteiger partial charge >= 0.3 is 0 Å². The Morgan fingerprint density at radius 3 is 2.93 bits per heavy atom. The van der Waals surface area contributed by atoms with Gasteiger partial charge in [0.25, 0.3) is 0 Å². The number of hydrogen-bond acceptors (Lipinski definition) is 2. The van der Waals surface area contributed by atoms with E-state index in [4.69, 9.17) is 6.42 Å². The minimum atomic E-state index is 0.226. The molecule has 2 heteroatoms. The van der Waals surface area contributed by atoms with E-state index in [1.165, 1.54) is 4.88 Å². The van der Waals surface area contributed by atoms with Gasteiger partial charge in [-0.15, -0.1) is 23.7 Å². The van der Waals surface area contributed by atoms with Crippen LogP contribution in [0.15, 0.2) is 17.5 Å². The van der Waals surface area contributed by atoms with Gasteiger partial charge in [-0.25, -0.2) is 0 Å². The summed E-state index contributed by atoms with van der Waals surface area (Å²) in [6, 6.07) is 4.31. The zero-order chi connectivity index (χ0) is 11.1. The molecule has 0 bridgehead atoms. The summed E-state index contributed by atoms with van der Waals surface area (Å²) >= 11 is 1.83. The van der Waals surface area contributed by atoms with Crippen LogP contribution in [0.25, 0.3) is 0 Å². The lowest BCUT2D eigenvalue weighted by atomic mass is 9.91. The van der Waals surface area contributed by atoms with Crippen molar-refractivity contribution in [3.63, 3.8) is 0 Å². The van der Waals surface area contributed by atoms with Crippen LogP contribution >= 0.6 is 11.3 Å². The molecule has 15 heavy (non-hydrogen) atoms. The highest BCUT2D eigenvalue weighted by atomic mass is 32.1. The van der Waals surface area contributed by atoms with Gasteiger partial charge in [0.1, 0.15) is 0 Å². The van der Waals surface area contributed by atoms with Crippen LogP contribution in [-0.2, 0) is 5.41 Å². The lowest BCUT2D eigenvalue weighted by molar-refractivity contribution is 0.475. The van der Waals surface area contributed by atoms with Crippen LogP contribution in [0.5, 0.6) is 0 Å². The molecule has 0 aliphatic heterocycles. The van der Waals surface area contributed by atoms with E-state index < -0.39 is 0 Å². The number of unbranched alkanes of at least 4 members (excludes halogenated alkanes) is 1. The lowest BCUT2D eigenvalue weighted by Crippen LogP contribution is -2.32. The molecule has 82 valence electrons. The normalized spacial score (nSPS) is 11.3. The molecule has 0 spiro atoms. The van der Waals surface area contributed by atoms with E-state index in [9.17, 15) is 0 Å². The summed E-state index contributed by atoms with van der Waals surface area (Å²) in [6.07, 6.45) is 7.13. The molecule has 0 fully saturated rings. The van der Waals surface area contributed by atoms with Crippen molar-refractivity contribution in [3.05, 3.63) is 22.4 Å². The molecule has 1 rings (SSSR count). The monoisotopic (exact) mass is 221 g/mol. The molecule has 1 N–H and O–H groups in total. The van der Waals surface area contributed by atoms with E-state index in [-0.39, 0.29) is 5.41 Å². The summed E-state index contributed by atoms with van der Waals surface area (Å²) in [4.78, 5) is 1.44. The molecule has 0 amide bonds. The third-order valence-corrected chi connectivity index (χ3v) is 3.67. The molecule has 1 aromatic rings. The predicted molar refractivity (Wildman–Crippen MR) is 68.3 cm³/mol. The minimum absolute atomic E-state index is 0.226. The number of hydrogen-bond donors (Lipinski definition) is 1. The van der Waals surface area contributed by atoms with Gasteiger partial charge < -0.3 is 5.32 Å². The SMILES string of the molecule is C#CCCCNCC(C)(C)c1cccs1. The summed E-state index contributed by atoms with van der Waals surface area (Å²) in [7, 11) is 0. The van der Waals surface area contributed by atoms with Gasteiger partial charge in [-0.2, -0.15) is 0 Å². The summed E-state index contributed by atoms with van der Waals surface area (Å²) in [5.41, 5.74) is 0.226. The van der Waals surface area contributed by atoms with Crippen LogP contribution in [0.3, 0.4) is 0 Å². The largest absolute Gasteiger partial charge is 0.316 e. The first-order chi connectivity index (χ1) is 7.17. The van der Waals surface area contributed by atoms with Crippen molar-refractivity contribution < 1.29 is 0 Å². The fourth-order valence-corrected chi connectivity index (χ4v) is 2.32. The average molecular weight is 221 g/mol. The number of nitrogens with one attached hydrogen (secondary N) is 1.